The summed E-state index contributed by atoms with van der Waals surface area (Å²) < 4.78 is 0. The van der Waals surface area contributed by atoms with Crippen LogP contribution in [0.25, 0.3) is 0 Å². The standard InChI is InChI=1S/C16H23ClO/c1-11-4-3-5-14(8-11)16(18)10-13-7-6-12(2)9-15(13)17/h6-7,9,11,14,16,18H,3-5,8,10H2,1-2H3. The Balaban J connectivity index is 1.99. The SMILES string of the molecule is Cc1ccc(CC(O)C2CCCC(C)C2)c(Cl)c1. The van der Waals surface area contributed by atoms with E-state index in [1.165, 1.54) is 18.4 Å². The molecule has 1 aliphatic carbocycles. The van der Waals surface area contributed by atoms with Crippen molar-refractivity contribution in [2.45, 2.75) is 52.1 Å². The third-order valence-electron chi connectivity index (χ3n) is 4.16. The zero-order valence-electron chi connectivity index (χ0n) is 11.3. The highest BCUT2D eigenvalue weighted by Crippen LogP contribution is 2.32. The van der Waals surface area contributed by atoms with Crippen molar-refractivity contribution in [2.75, 3.05) is 0 Å². The van der Waals surface area contributed by atoms with Gasteiger partial charge in [-0.05, 0) is 48.8 Å². The molecule has 0 amide bonds. The summed E-state index contributed by atoms with van der Waals surface area (Å²) in [7, 11) is 0. The second-order valence-corrected chi connectivity index (χ2v) is 6.31. The zero-order chi connectivity index (χ0) is 13.1. The zero-order valence-corrected chi connectivity index (χ0v) is 12.1. The van der Waals surface area contributed by atoms with E-state index in [4.69, 9.17) is 11.6 Å². The van der Waals surface area contributed by atoms with E-state index in [2.05, 4.69) is 13.0 Å². The average Bonchev–Trinajstić information content (AvgIpc) is 2.32. The molecule has 1 N–H and O–H groups in total. The summed E-state index contributed by atoms with van der Waals surface area (Å²) in [5, 5.41) is 11.2. The second kappa shape index (κ2) is 6.08. The Morgan fingerprint density at radius 3 is 2.83 bits per heavy atom. The van der Waals surface area contributed by atoms with Crippen molar-refractivity contribution < 1.29 is 5.11 Å². The van der Waals surface area contributed by atoms with Gasteiger partial charge >= 0.3 is 0 Å². The third kappa shape index (κ3) is 3.49. The molecule has 0 radical (unpaired) electrons. The van der Waals surface area contributed by atoms with E-state index in [1.54, 1.807) is 0 Å². The van der Waals surface area contributed by atoms with Gasteiger partial charge in [0, 0.05) is 11.4 Å². The molecule has 1 fully saturated rings. The molecule has 1 aromatic carbocycles. The highest BCUT2D eigenvalue weighted by Gasteiger charge is 2.25. The van der Waals surface area contributed by atoms with Gasteiger partial charge in [0.15, 0.2) is 0 Å². The second-order valence-electron chi connectivity index (χ2n) is 5.90. The quantitative estimate of drug-likeness (QED) is 0.861. The molecule has 1 aromatic rings. The summed E-state index contributed by atoms with van der Waals surface area (Å²) in [4.78, 5) is 0. The smallest absolute Gasteiger partial charge is 0.0609 e. The van der Waals surface area contributed by atoms with Crippen LogP contribution in [0.15, 0.2) is 18.2 Å². The van der Waals surface area contributed by atoms with Crippen LogP contribution in [0.4, 0.5) is 0 Å². The molecule has 2 rings (SSSR count). The van der Waals surface area contributed by atoms with Gasteiger partial charge in [-0.2, -0.15) is 0 Å². The first-order valence-electron chi connectivity index (χ1n) is 6.99. The van der Waals surface area contributed by atoms with E-state index in [9.17, 15) is 5.11 Å². The molecule has 1 saturated carbocycles. The number of benzene rings is 1. The van der Waals surface area contributed by atoms with Crippen LogP contribution >= 0.6 is 11.6 Å². The highest BCUT2D eigenvalue weighted by atomic mass is 35.5. The van der Waals surface area contributed by atoms with Gasteiger partial charge in [-0.3, -0.25) is 0 Å². The minimum atomic E-state index is -0.243. The Bertz CT molecular complexity index is 402. The topological polar surface area (TPSA) is 20.2 Å². The van der Waals surface area contributed by atoms with Gasteiger partial charge in [0.25, 0.3) is 0 Å². The number of hydrogen-bond acceptors (Lipinski definition) is 1. The van der Waals surface area contributed by atoms with Crippen molar-refractivity contribution >= 4 is 11.6 Å². The summed E-state index contributed by atoms with van der Waals surface area (Å²) in [5.41, 5.74) is 2.25. The molecule has 1 aliphatic rings. The number of aliphatic hydroxyl groups excluding tert-OH is 1. The van der Waals surface area contributed by atoms with Crippen LogP contribution in [0.1, 0.15) is 43.7 Å². The van der Waals surface area contributed by atoms with Crippen molar-refractivity contribution in [3.05, 3.63) is 34.3 Å². The maximum Gasteiger partial charge on any atom is 0.0609 e. The van der Waals surface area contributed by atoms with E-state index >= 15 is 0 Å². The van der Waals surface area contributed by atoms with Crippen molar-refractivity contribution in [1.82, 2.24) is 0 Å². The van der Waals surface area contributed by atoms with Crippen LogP contribution in [0.5, 0.6) is 0 Å². The Morgan fingerprint density at radius 2 is 2.17 bits per heavy atom. The lowest BCUT2D eigenvalue weighted by atomic mass is 9.78. The van der Waals surface area contributed by atoms with Gasteiger partial charge in [0.1, 0.15) is 0 Å². The summed E-state index contributed by atoms with van der Waals surface area (Å²) in [5.74, 6) is 1.21. The fraction of sp³-hybridized carbons (Fsp3) is 0.625. The lowest BCUT2D eigenvalue weighted by molar-refractivity contribution is 0.0720. The maximum atomic E-state index is 10.4. The summed E-state index contributed by atoms with van der Waals surface area (Å²) in [6.45, 7) is 4.33. The van der Waals surface area contributed by atoms with Gasteiger partial charge in [-0.15, -0.1) is 0 Å². The maximum absolute atomic E-state index is 10.4. The minimum Gasteiger partial charge on any atom is -0.392 e. The predicted molar refractivity (Wildman–Crippen MR) is 77.0 cm³/mol. The Morgan fingerprint density at radius 1 is 1.39 bits per heavy atom. The first kappa shape index (κ1) is 13.9. The first-order valence-corrected chi connectivity index (χ1v) is 7.37. The van der Waals surface area contributed by atoms with Gasteiger partial charge in [0.2, 0.25) is 0 Å². The minimum absolute atomic E-state index is 0.243. The Hall–Kier alpha value is -0.530. The van der Waals surface area contributed by atoms with Crippen LogP contribution in [0, 0.1) is 18.8 Å². The van der Waals surface area contributed by atoms with E-state index in [-0.39, 0.29) is 6.10 Å². The van der Waals surface area contributed by atoms with Crippen molar-refractivity contribution in [1.29, 1.82) is 0 Å². The molecule has 3 atom stereocenters. The molecule has 3 unspecified atom stereocenters. The molecular weight excluding hydrogens is 244 g/mol. The summed E-state index contributed by atoms with van der Waals surface area (Å²) >= 11 is 6.23. The molecule has 0 saturated heterocycles. The number of aryl methyl sites for hydroxylation is 1. The Kier molecular flexibility index (Phi) is 4.69. The van der Waals surface area contributed by atoms with Gasteiger partial charge in [-0.25, -0.2) is 0 Å². The van der Waals surface area contributed by atoms with Gasteiger partial charge in [0.05, 0.1) is 6.10 Å². The van der Waals surface area contributed by atoms with E-state index in [1.807, 2.05) is 19.1 Å². The molecular formula is C16H23ClO. The monoisotopic (exact) mass is 266 g/mol. The molecule has 0 bridgehead atoms. The van der Waals surface area contributed by atoms with Crippen molar-refractivity contribution in [2.24, 2.45) is 11.8 Å². The molecule has 18 heavy (non-hydrogen) atoms. The molecule has 0 aliphatic heterocycles. The van der Waals surface area contributed by atoms with E-state index in [0.717, 1.165) is 29.3 Å². The molecule has 2 heteroatoms. The van der Waals surface area contributed by atoms with Crippen molar-refractivity contribution in [3.8, 4) is 0 Å². The summed E-state index contributed by atoms with van der Waals surface area (Å²) in [6, 6.07) is 6.09. The third-order valence-corrected chi connectivity index (χ3v) is 4.51. The fourth-order valence-electron chi connectivity index (χ4n) is 3.04. The average molecular weight is 267 g/mol. The van der Waals surface area contributed by atoms with Crippen LogP contribution in [-0.2, 0) is 6.42 Å². The lowest BCUT2D eigenvalue weighted by Crippen LogP contribution is -2.27. The predicted octanol–water partition coefficient (Wildman–Crippen LogP) is 4.38. The van der Waals surface area contributed by atoms with Gasteiger partial charge in [-0.1, -0.05) is 43.5 Å². The Labute approximate surface area is 115 Å². The van der Waals surface area contributed by atoms with Gasteiger partial charge < -0.3 is 5.11 Å². The summed E-state index contributed by atoms with van der Waals surface area (Å²) in [6.07, 6.45) is 5.34. The molecule has 0 heterocycles. The van der Waals surface area contributed by atoms with Crippen LogP contribution in [0.3, 0.4) is 0 Å². The molecule has 100 valence electrons. The van der Waals surface area contributed by atoms with Crippen LogP contribution in [-0.4, -0.2) is 11.2 Å². The number of aliphatic hydroxyl groups is 1. The van der Waals surface area contributed by atoms with E-state index < -0.39 is 0 Å². The number of rotatable bonds is 3. The van der Waals surface area contributed by atoms with Crippen LogP contribution < -0.4 is 0 Å². The number of halogens is 1. The largest absolute Gasteiger partial charge is 0.392 e. The van der Waals surface area contributed by atoms with Crippen molar-refractivity contribution in [3.63, 3.8) is 0 Å². The normalized spacial score (nSPS) is 26.0. The lowest BCUT2D eigenvalue weighted by Gasteiger charge is -2.30. The van der Waals surface area contributed by atoms with Crippen LogP contribution in [0.2, 0.25) is 5.02 Å². The molecule has 1 nitrogen and oxygen atoms in total. The van der Waals surface area contributed by atoms with E-state index in [0.29, 0.717) is 12.3 Å². The molecule has 0 spiro atoms. The first-order chi connectivity index (χ1) is 8.56. The molecule has 0 aromatic heterocycles. The number of hydrogen-bond donors (Lipinski definition) is 1. The fourth-order valence-corrected chi connectivity index (χ4v) is 3.35. The highest BCUT2D eigenvalue weighted by molar-refractivity contribution is 6.31.